The van der Waals surface area contributed by atoms with Crippen molar-refractivity contribution < 1.29 is 4.42 Å². The average Bonchev–Trinajstić information content (AvgIpc) is 2.61. The lowest BCUT2D eigenvalue weighted by Gasteiger charge is -1.94. The molecule has 0 saturated carbocycles. The van der Waals surface area contributed by atoms with Crippen LogP contribution in [-0.4, -0.2) is 4.98 Å². The van der Waals surface area contributed by atoms with E-state index in [2.05, 4.69) is 20.9 Å². The summed E-state index contributed by atoms with van der Waals surface area (Å²) in [6.07, 6.45) is 0.811. The monoisotopic (exact) mass is 251 g/mol. The van der Waals surface area contributed by atoms with E-state index in [1.165, 1.54) is 0 Å². The molecule has 0 atom stereocenters. The predicted octanol–water partition coefficient (Wildman–Crippen LogP) is 3.67. The average molecular weight is 252 g/mol. The van der Waals surface area contributed by atoms with Gasteiger partial charge in [-0.25, -0.2) is 4.98 Å². The Morgan fingerprint density at radius 1 is 1.29 bits per heavy atom. The van der Waals surface area contributed by atoms with Crippen molar-refractivity contribution in [3.05, 3.63) is 40.8 Å². The fourth-order valence-electron chi connectivity index (χ4n) is 1.26. The minimum absolute atomic E-state index is 0.760. The molecule has 0 aliphatic rings. The van der Waals surface area contributed by atoms with Crippen molar-refractivity contribution in [3.8, 4) is 11.3 Å². The summed E-state index contributed by atoms with van der Waals surface area (Å²) in [5, 5.41) is 0. The number of rotatable bonds is 2. The molecule has 0 fully saturated rings. The number of hydrogen-bond acceptors (Lipinski definition) is 2. The van der Waals surface area contributed by atoms with E-state index in [4.69, 9.17) is 4.42 Å². The predicted molar refractivity (Wildman–Crippen MR) is 59.0 cm³/mol. The lowest BCUT2D eigenvalue weighted by atomic mass is 10.2. The van der Waals surface area contributed by atoms with Gasteiger partial charge >= 0.3 is 0 Å². The van der Waals surface area contributed by atoms with Gasteiger partial charge in [-0.15, -0.1) is 0 Å². The van der Waals surface area contributed by atoms with Gasteiger partial charge in [-0.1, -0.05) is 37.3 Å². The number of nitrogens with zero attached hydrogens (tertiary/aromatic N) is 1. The van der Waals surface area contributed by atoms with Crippen LogP contribution in [0.15, 0.2) is 39.4 Å². The summed E-state index contributed by atoms with van der Waals surface area (Å²) >= 11 is 3.39. The zero-order chi connectivity index (χ0) is 9.97. The molecule has 1 aromatic carbocycles. The van der Waals surface area contributed by atoms with Crippen molar-refractivity contribution in [3.63, 3.8) is 0 Å². The van der Waals surface area contributed by atoms with Crippen LogP contribution in [-0.2, 0) is 6.42 Å². The van der Waals surface area contributed by atoms with Gasteiger partial charge in [0.15, 0.2) is 16.3 Å². The number of aromatic nitrogens is 1. The summed E-state index contributed by atoms with van der Waals surface area (Å²) in [5.74, 6) is 1.57. The highest BCUT2D eigenvalue weighted by atomic mass is 79.9. The molecule has 3 heteroatoms. The lowest BCUT2D eigenvalue weighted by Crippen LogP contribution is -1.74. The topological polar surface area (TPSA) is 26.0 Å². The molecule has 0 unspecified atom stereocenters. The maximum atomic E-state index is 5.59. The first kappa shape index (κ1) is 9.46. The molecule has 0 amide bonds. The molecule has 0 radical (unpaired) electrons. The Hall–Kier alpha value is -1.09. The number of benzene rings is 1. The van der Waals surface area contributed by atoms with Crippen molar-refractivity contribution in [1.29, 1.82) is 0 Å². The lowest BCUT2D eigenvalue weighted by molar-refractivity contribution is 0.513. The number of oxazole rings is 1. The standard InChI is InChI=1S/C11H10BrNO/c1-2-9-13-11(12)10(14-9)8-6-4-3-5-7-8/h3-7H,2H2,1H3. The zero-order valence-electron chi connectivity index (χ0n) is 7.83. The second-order valence-electron chi connectivity index (χ2n) is 2.95. The Bertz CT molecular complexity index is 422. The molecule has 72 valence electrons. The van der Waals surface area contributed by atoms with Crippen molar-refractivity contribution >= 4 is 15.9 Å². The van der Waals surface area contributed by atoms with Crippen molar-refractivity contribution in [2.24, 2.45) is 0 Å². The molecule has 0 aliphatic carbocycles. The van der Waals surface area contributed by atoms with Crippen LogP contribution in [0.4, 0.5) is 0 Å². The van der Waals surface area contributed by atoms with Crippen LogP contribution in [0, 0.1) is 0 Å². The first-order valence-electron chi connectivity index (χ1n) is 4.52. The minimum atomic E-state index is 0.760. The Labute approximate surface area is 91.1 Å². The molecular formula is C11H10BrNO. The van der Waals surface area contributed by atoms with Crippen LogP contribution in [0.3, 0.4) is 0 Å². The van der Waals surface area contributed by atoms with Gasteiger partial charge in [0.05, 0.1) is 0 Å². The normalized spacial score (nSPS) is 10.4. The van der Waals surface area contributed by atoms with Gasteiger partial charge in [-0.2, -0.15) is 0 Å². The number of halogens is 1. The van der Waals surface area contributed by atoms with Gasteiger partial charge < -0.3 is 4.42 Å². The van der Waals surface area contributed by atoms with E-state index in [-0.39, 0.29) is 0 Å². The highest BCUT2D eigenvalue weighted by Gasteiger charge is 2.10. The minimum Gasteiger partial charge on any atom is -0.439 e. The van der Waals surface area contributed by atoms with Crippen LogP contribution in [0.5, 0.6) is 0 Å². The van der Waals surface area contributed by atoms with Gasteiger partial charge in [0.25, 0.3) is 0 Å². The molecule has 2 nitrogen and oxygen atoms in total. The highest BCUT2D eigenvalue weighted by Crippen LogP contribution is 2.28. The van der Waals surface area contributed by atoms with Gasteiger partial charge in [0, 0.05) is 12.0 Å². The molecule has 0 spiro atoms. The van der Waals surface area contributed by atoms with Gasteiger partial charge in [0.2, 0.25) is 0 Å². The van der Waals surface area contributed by atoms with Crippen LogP contribution < -0.4 is 0 Å². The Kier molecular flexibility index (Phi) is 2.68. The molecular weight excluding hydrogens is 242 g/mol. The summed E-state index contributed by atoms with van der Waals surface area (Å²) < 4.78 is 6.37. The fourth-order valence-corrected chi connectivity index (χ4v) is 1.77. The summed E-state index contributed by atoms with van der Waals surface area (Å²) in [5.41, 5.74) is 1.05. The fraction of sp³-hybridized carbons (Fsp3) is 0.182. The van der Waals surface area contributed by atoms with Gasteiger partial charge in [-0.05, 0) is 15.9 Å². The number of hydrogen-bond donors (Lipinski definition) is 0. The molecule has 1 heterocycles. The third-order valence-corrected chi connectivity index (χ3v) is 2.51. The van der Waals surface area contributed by atoms with E-state index >= 15 is 0 Å². The molecule has 0 N–H and O–H groups in total. The van der Waals surface area contributed by atoms with E-state index in [9.17, 15) is 0 Å². The smallest absolute Gasteiger partial charge is 0.195 e. The van der Waals surface area contributed by atoms with Crippen molar-refractivity contribution in [2.45, 2.75) is 13.3 Å². The van der Waals surface area contributed by atoms with Crippen LogP contribution in [0.25, 0.3) is 11.3 Å². The van der Waals surface area contributed by atoms with Crippen LogP contribution in [0.2, 0.25) is 0 Å². The van der Waals surface area contributed by atoms with Crippen molar-refractivity contribution in [2.75, 3.05) is 0 Å². The Balaban J connectivity index is 2.46. The maximum Gasteiger partial charge on any atom is 0.195 e. The third-order valence-electron chi connectivity index (χ3n) is 1.97. The molecule has 1 aromatic heterocycles. The maximum absolute atomic E-state index is 5.59. The van der Waals surface area contributed by atoms with Crippen LogP contribution >= 0.6 is 15.9 Å². The van der Waals surface area contributed by atoms with Crippen LogP contribution in [0.1, 0.15) is 12.8 Å². The molecule has 0 bridgehead atoms. The van der Waals surface area contributed by atoms with E-state index in [0.717, 1.165) is 28.2 Å². The number of aryl methyl sites for hydroxylation is 1. The summed E-state index contributed by atoms with van der Waals surface area (Å²) in [6, 6.07) is 9.95. The second-order valence-corrected chi connectivity index (χ2v) is 3.70. The van der Waals surface area contributed by atoms with E-state index in [1.807, 2.05) is 37.3 Å². The molecule has 2 aromatic rings. The van der Waals surface area contributed by atoms with E-state index in [0.29, 0.717) is 0 Å². The molecule has 2 rings (SSSR count). The summed E-state index contributed by atoms with van der Waals surface area (Å²) in [4.78, 5) is 4.26. The second kappa shape index (κ2) is 3.96. The summed E-state index contributed by atoms with van der Waals surface area (Å²) in [6.45, 7) is 2.02. The first-order valence-corrected chi connectivity index (χ1v) is 5.31. The third kappa shape index (κ3) is 1.73. The zero-order valence-corrected chi connectivity index (χ0v) is 9.41. The molecule has 0 saturated heterocycles. The highest BCUT2D eigenvalue weighted by molar-refractivity contribution is 9.10. The Morgan fingerprint density at radius 2 is 2.00 bits per heavy atom. The van der Waals surface area contributed by atoms with Gasteiger partial charge in [0.1, 0.15) is 0 Å². The summed E-state index contributed by atoms with van der Waals surface area (Å²) in [7, 11) is 0. The van der Waals surface area contributed by atoms with Crippen molar-refractivity contribution in [1.82, 2.24) is 4.98 Å². The molecule has 14 heavy (non-hydrogen) atoms. The van der Waals surface area contributed by atoms with E-state index < -0.39 is 0 Å². The largest absolute Gasteiger partial charge is 0.439 e. The quantitative estimate of drug-likeness (QED) is 0.815. The van der Waals surface area contributed by atoms with Gasteiger partial charge in [-0.3, -0.25) is 0 Å². The SMILES string of the molecule is CCc1nc(Br)c(-c2ccccc2)o1. The van der Waals surface area contributed by atoms with E-state index in [1.54, 1.807) is 0 Å². The Morgan fingerprint density at radius 3 is 2.57 bits per heavy atom. The first-order chi connectivity index (χ1) is 6.81. The molecule has 0 aliphatic heterocycles.